The van der Waals surface area contributed by atoms with Crippen LogP contribution in [0.5, 0.6) is 0 Å². The second-order valence-electron chi connectivity index (χ2n) is 12.5. The fourth-order valence-corrected chi connectivity index (χ4v) is 11.1. The van der Waals surface area contributed by atoms with Crippen molar-refractivity contribution in [2.24, 2.45) is 0 Å². The first kappa shape index (κ1) is 32.4. The Balaban J connectivity index is 1.65. The Kier molecular flexibility index (Phi) is 8.21. The first-order valence-corrected chi connectivity index (χ1v) is 16.2. The molecule has 45 heavy (non-hydrogen) atoms. The Morgan fingerprint density at radius 3 is 2.07 bits per heavy atom. The Hall–Kier alpha value is -4.01. The zero-order chi connectivity index (χ0) is 32.9. The average molecular weight is 646 g/mol. The summed E-state index contributed by atoms with van der Waals surface area (Å²) in [5.74, 6) is -3.00. The van der Waals surface area contributed by atoms with Crippen LogP contribution in [0.4, 0.5) is 13.2 Å². The highest BCUT2D eigenvalue weighted by molar-refractivity contribution is 6.99. The number of benzene rings is 2. The van der Waals surface area contributed by atoms with Crippen LogP contribution in [0, 0.1) is 6.92 Å². The minimum Gasteiger partial charge on any atom is -0.455 e. The Morgan fingerprint density at radius 1 is 1.02 bits per heavy atom. The molecule has 2 aromatic carbocycles. The van der Waals surface area contributed by atoms with Gasteiger partial charge in [0.05, 0.1) is 13.2 Å². The van der Waals surface area contributed by atoms with Crippen LogP contribution in [0.2, 0.25) is 5.04 Å². The second kappa shape index (κ2) is 11.4. The van der Waals surface area contributed by atoms with Gasteiger partial charge in [-0.05, 0) is 22.3 Å². The molecular formula is C31H34F3N3O7Si. The van der Waals surface area contributed by atoms with E-state index in [0.29, 0.717) is 4.90 Å². The van der Waals surface area contributed by atoms with Gasteiger partial charge in [-0.25, -0.2) is 4.79 Å². The number of hydrogen-bond donors (Lipinski definition) is 1. The number of rotatable bonds is 7. The number of amides is 1. The van der Waals surface area contributed by atoms with Crippen molar-refractivity contribution in [2.75, 3.05) is 13.2 Å². The van der Waals surface area contributed by atoms with Gasteiger partial charge in [0.1, 0.15) is 11.6 Å². The summed E-state index contributed by atoms with van der Waals surface area (Å²) in [4.78, 5) is 52.7. The van der Waals surface area contributed by atoms with Gasteiger partial charge in [-0.3, -0.25) is 23.9 Å². The number of hydrogen-bond acceptors (Lipinski definition) is 7. The molecule has 0 radical (unpaired) electrons. The first-order chi connectivity index (χ1) is 21.0. The summed E-state index contributed by atoms with van der Waals surface area (Å²) >= 11 is 0. The third-order valence-corrected chi connectivity index (χ3v) is 13.4. The number of alkyl halides is 3. The van der Waals surface area contributed by atoms with Crippen LogP contribution in [-0.2, 0) is 23.5 Å². The molecule has 240 valence electrons. The lowest BCUT2D eigenvalue weighted by atomic mass is 9.82. The van der Waals surface area contributed by atoms with Gasteiger partial charge in [0.15, 0.2) is 12.3 Å². The van der Waals surface area contributed by atoms with E-state index in [-0.39, 0.29) is 12.2 Å². The molecule has 2 aliphatic heterocycles. The first-order valence-electron chi connectivity index (χ1n) is 14.3. The van der Waals surface area contributed by atoms with E-state index in [4.69, 9.17) is 13.9 Å². The summed E-state index contributed by atoms with van der Waals surface area (Å²) in [6.07, 6.45) is -7.06. The van der Waals surface area contributed by atoms with Crippen molar-refractivity contribution in [3.05, 3.63) is 93.3 Å². The van der Waals surface area contributed by atoms with E-state index in [9.17, 15) is 32.3 Å². The Morgan fingerprint density at radius 2 is 1.58 bits per heavy atom. The SMILES string of the molecule is CC(=O)O[C@@H]1C2N(C(=O)C(F)(F)F)C[C@]2(CO[Si](c2ccccc2)(c2ccccc2)C(C)(C)C)O[C@H]1n1cc(C)c(=O)[nH]c1=O. The van der Waals surface area contributed by atoms with Crippen molar-refractivity contribution in [3.8, 4) is 0 Å². The highest BCUT2D eigenvalue weighted by atomic mass is 28.4. The van der Waals surface area contributed by atoms with Gasteiger partial charge in [-0.1, -0.05) is 81.4 Å². The predicted octanol–water partition coefficient (Wildman–Crippen LogP) is 2.39. The van der Waals surface area contributed by atoms with Crippen molar-refractivity contribution in [1.82, 2.24) is 14.5 Å². The van der Waals surface area contributed by atoms with Gasteiger partial charge in [-0.15, -0.1) is 0 Å². The third kappa shape index (κ3) is 5.55. The summed E-state index contributed by atoms with van der Waals surface area (Å²) in [5, 5.41) is 1.29. The fraction of sp³-hybridized carbons (Fsp3) is 0.419. The molecule has 3 aromatic rings. The maximum Gasteiger partial charge on any atom is 0.471 e. The van der Waals surface area contributed by atoms with E-state index in [1.165, 1.54) is 13.1 Å². The zero-order valence-electron chi connectivity index (χ0n) is 25.4. The number of esters is 1. The smallest absolute Gasteiger partial charge is 0.455 e. The number of aromatic nitrogens is 2. The molecule has 14 heteroatoms. The molecule has 3 heterocycles. The molecule has 4 atom stereocenters. The van der Waals surface area contributed by atoms with Gasteiger partial charge in [0, 0.05) is 18.7 Å². The molecule has 1 unspecified atom stereocenters. The summed E-state index contributed by atoms with van der Waals surface area (Å²) in [7, 11) is -3.26. The van der Waals surface area contributed by atoms with Crippen LogP contribution < -0.4 is 21.6 Å². The number of ether oxygens (including phenoxy) is 2. The van der Waals surface area contributed by atoms with Crippen LogP contribution in [0.3, 0.4) is 0 Å². The molecule has 2 aliphatic rings. The summed E-state index contributed by atoms with van der Waals surface area (Å²) in [6, 6.07) is 17.6. The number of nitrogens with zero attached hydrogens (tertiary/aromatic N) is 2. The Labute approximate surface area is 257 Å². The predicted molar refractivity (Wildman–Crippen MR) is 160 cm³/mol. The lowest BCUT2D eigenvalue weighted by Crippen LogP contribution is -2.77. The van der Waals surface area contributed by atoms with E-state index in [0.717, 1.165) is 21.9 Å². The van der Waals surface area contributed by atoms with Crippen LogP contribution in [0.25, 0.3) is 0 Å². The summed E-state index contributed by atoms with van der Waals surface area (Å²) in [6.45, 7) is 7.73. The number of aromatic amines is 1. The molecule has 0 spiro atoms. The van der Waals surface area contributed by atoms with Gasteiger partial charge < -0.3 is 18.8 Å². The highest BCUT2D eigenvalue weighted by Gasteiger charge is 2.71. The second-order valence-corrected chi connectivity index (χ2v) is 16.8. The topological polar surface area (TPSA) is 120 Å². The minimum atomic E-state index is -5.23. The fourth-order valence-electron chi connectivity index (χ4n) is 6.52. The van der Waals surface area contributed by atoms with Crippen LogP contribution >= 0.6 is 0 Å². The number of nitrogens with one attached hydrogen (secondary N) is 1. The molecule has 1 amide bonds. The van der Waals surface area contributed by atoms with E-state index in [1.807, 2.05) is 81.4 Å². The van der Waals surface area contributed by atoms with E-state index in [2.05, 4.69) is 4.98 Å². The number of carbonyl (C=O) groups excluding carboxylic acids is 2. The molecular weight excluding hydrogens is 611 g/mol. The van der Waals surface area contributed by atoms with Crippen LogP contribution in [-0.4, -0.2) is 71.7 Å². The van der Waals surface area contributed by atoms with Crippen LogP contribution in [0.1, 0.15) is 39.5 Å². The molecule has 0 saturated carbocycles. The lowest BCUT2D eigenvalue weighted by molar-refractivity contribution is -0.221. The molecule has 2 saturated heterocycles. The van der Waals surface area contributed by atoms with E-state index in [1.54, 1.807) is 0 Å². The molecule has 1 aromatic heterocycles. The molecule has 10 nitrogen and oxygen atoms in total. The molecule has 0 aliphatic carbocycles. The van der Waals surface area contributed by atoms with Crippen molar-refractivity contribution in [2.45, 2.75) is 69.8 Å². The minimum absolute atomic E-state index is 0.111. The van der Waals surface area contributed by atoms with Crippen molar-refractivity contribution >= 4 is 30.6 Å². The molecule has 1 N–H and O–H groups in total. The summed E-state index contributed by atoms with van der Waals surface area (Å²) < 4.78 is 61.2. The largest absolute Gasteiger partial charge is 0.471 e. The summed E-state index contributed by atoms with van der Waals surface area (Å²) in [5.41, 5.74) is -3.09. The van der Waals surface area contributed by atoms with E-state index >= 15 is 0 Å². The van der Waals surface area contributed by atoms with E-state index < -0.39 is 73.2 Å². The Bertz CT molecular complexity index is 1670. The standard InChI is InChI=1S/C31H34F3N3O7Si/c1-19-16-36(28(41)35-25(19)39)26-23(43-20(2)38)24-30(44-26,17-37(24)27(40)31(32,33)34)18-42-45(29(3,4)5,21-12-8-6-9-13-21)22-14-10-7-11-15-22/h6-16,23-24,26H,17-18H2,1-5H3,(H,35,39,41)/t23-,24?,26-,30-/m1/s1. The monoisotopic (exact) mass is 645 g/mol. The lowest BCUT2D eigenvalue weighted by Gasteiger charge is -2.54. The number of likely N-dealkylation sites (tertiary alicyclic amines) is 1. The number of fused-ring (bicyclic) bond motifs is 1. The van der Waals surface area contributed by atoms with Gasteiger partial charge >= 0.3 is 23.7 Å². The third-order valence-electron chi connectivity index (χ3n) is 8.44. The van der Waals surface area contributed by atoms with Gasteiger partial charge in [0.25, 0.3) is 13.9 Å². The molecule has 2 fully saturated rings. The van der Waals surface area contributed by atoms with Crippen molar-refractivity contribution in [3.63, 3.8) is 0 Å². The van der Waals surface area contributed by atoms with Crippen molar-refractivity contribution in [1.29, 1.82) is 0 Å². The maximum absolute atomic E-state index is 13.8. The quantitative estimate of drug-likeness (QED) is 0.310. The number of carbonyl (C=O) groups is 2. The van der Waals surface area contributed by atoms with Gasteiger partial charge in [-0.2, -0.15) is 13.2 Å². The highest BCUT2D eigenvalue weighted by Crippen LogP contribution is 2.50. The number of H-pyrrole nitrogens is 1. The van der Waals surface area contributed by atoms with Gasteiger partial charge in [0.2, 0.25) is 0 Å². The van der Waals surface area contributed by atoms with Crippen LogP contribution in [0.15, 0.2) is 76.4 Å². The normalized spacial score (nSPS) is 23.3. The zero-order valence-corrected chi connectivity index (χ0v) is 26.4. The van der Waals surface area contributed by atoms with Crippen molar-refractivity contribution < 1.29 is 36.7 Å². The number of aryl methyl sites for hydroxylation is 1. The molecule has 5 rings (SSSR count). The number of halogens is 3. The maximum atomic E-state index is 13.8. The molecule has 0 bridgehead atoms. The average Bonchev–Trinajstić information content (AvgIpc) is 3.17.